The molecule has 1 N–H and O–H groups in total. The lowest BCUT2D eigenvalue weighted by Crippen LogP contribution is -2.57. The lowest BCUT2D eigenvalue weighted by Gasteiger charge is -2.39. The molecular weight excluding hydrogens is 485 g/mol. The molecule has 170 valence electrons. The van der Waals surface area contributed by atoms with Crippen molar-refractivity contribution < 1.29 is 14.3 Å². The molecule has 0 radical (unpaired) electrons. The van der Waals surface area contributed by atoms with Gasteiger partial charge in [-0.05, 0) is 32.6 Å². The van der Waals surface area contributed by atoms with Crippen LogP contribution in [0.5, 0.6) is 0 Å². The highest BCUT2D eigenvalue weighted by atomic mass is 127. The van der Waals surface area contributed by atoms with Gasteiger partial charge in [-0.1, -0.05) is 0 Å². The molecule has 2 aliphatic heterocycles. The summed E-state index contributed by atoms with van der Waals surface area (Å²) in [5.74, 6) is 1.25. The predicted molar refractivity (Wildman–Crippen MR) is 127 cm³/mol. The summed E-state index contributed by atoms with van der Waals surface area (Å²) in [6, 6.07) is -0.0201. The third-order valence-electron chi connectivity index (χ3n) is 5.58. The minimum absolute atomic E-state index is 0. The summed E-state index contributed by atoms with van der Waals surface area (Å²) in [7, 11) is 3.52. The normalized spacial score (nSPS) is 19.2. The molecule has 0 aromatic heterocycles. The molecule has 9 heteroatoms. The Labute approximate surface area is 193 Å². The molecule has 0 saturated carbocycles. The van der Waals surface area contributed by atoms with E-state index in [4.69, 9.17) is 9.47 Å². The zero-order valence-electron chi connectivity index (χ0n) is 18.4. The summed E-state index contributed by atoms with van der Waals surface area (Å²) in [5.41, 5.74) is 0. The first-order valence-electron chi connectivity index (χ1n) is 10.7. The Morgan fingerprint density at radius 3 is 2.31 bits per heavy atom. The number of nitrogens with zero attached hydrogens (tertiary/aromatic N) is 4. The molecule has 0 aliphatic carbocycles. The Morgan fingerprint density at radius 2 is 1.69 bits per heavy atom. The minimum atomic E-state index is -0.0201. The number of aliphatic imine (C=N–C) groups is 1. The SMILES string of the molecule is CN=C(NCCCCOCCOC)N1CCN(C(C)C(=O)N2CCCC2)CC1.I. The summed E-state index contributed by atoms with van der Waals surface area (Å²) < 4.78 is 10.4. The van der Waals surface area contributed by atoms with Crippen LogP contribution in [0.25, 0.3) is 0 Å². The number of amides is 1. The molecular formula is C20H40IN5O3. The van der Waals surface area contributed by atoms with E-state index in [1.807, 2.05) is 11.9 Å². The maximum Gasteiger partial charge on any atom is 0.239 e. The maximum atomic E-state index is 12.6. The van der Waals surface area contributed by atoms with Crippen molar-refractivity contribution >= 4 is 35.8 Å². The monoisotopic (exact) mass is 525 g/mol. The summed E-state index contributed by atoms with van der Waals surface area (Å²) in [4.78, 5) is 23.7. The lowest BCUT2D eigenvalue weighted by molar-refractivity contribution is -0.135. The van der Waals surface area contributed by atoms with Crippen molar-refractivity contribution in [2.75, 3.05) is 79.8 Å². The highest BCUT2D eigenvalue weighted by Crippen LogP contribution is 2.14. The number of halogens is 1. The van der Waals surface area contributed by atoms with Crippen LogP contribution in [0.4, 0.5) is 0 Å². The van der Waals surface area contributed by atoms with Crippen molar-refractivity contribution in [3.8, 4) is 0 Å². The van der Waals surface area contributed by atoms with Gasteiger partial charge in [-0.15, -0.1) is 24.0 Å². The van der Waals surface area contributed by atoms with Gasteiger partial charge in [-0.2, -0.15) is 0 Å². The zero-order valence-corrected chi connectivity index (χ0v) is 20.7. The number of unbranched alkanes of at least 4 members (excludes halogenated alkanes) is 1. The van der Waals surface area contributed by atoms with Gasteiger partial charge in [0.2, 0.25) is 5.91 Å². The highest BCUT2D eigenvalue weighted by molar-refractivity contribution is 14.0. The van der Waals surface area contributed by atoms with Crippen molar-refractivity contribution in [2.24, 2.45) is 4.99 Å². The van der Waals surface area contributed by atoms with Gasteiger partial charge in [0.25, 0.3) is 0 Å². The lowest BCUT2D eigenvalue weighted by atomic mass is 10.2. The molecule has 29 heavy (non-hydrogen) atoms. The van der Waals surface area contributed by atoms with Crippen LogP contribution in [0.1, 0.15) is 32.6 Å². The van der Waals surface area contributed by atoms with Gasteiger partial charge in [0.1, 0.15) is 0 Å². The molecule has 2 aliphatic rings. The second-order valence-corrected chi connectivity index (χ2v) is 7.52. The maximum absolute atomic E-state index is 12.6. The molecule has 2 heterocycles. The van der Waals surface area contributed by atoms with Gasteiger partial charge in [0.05, 0.1) is 19.3 Å². The molecule has 0 bridgehead atoms. The molecule has 2 saturated heterocycles. The quantitative estimate of drug-likeness (QED) is 0.201. The van der Waals surface area contributed by atoms with Crippen LogP contribution in [-0.2, 0) is 14.3 Å². The second-order valence-electron chi connectivity index (χ2n) is 7.52. The molecule has 1 atom stereocenters. The van der Waals surface area contributed by atoms with Gasteiger partial charge >= 0.3 is 0 Å². The van der Waals surface area contributed by atoms with Crippen LogP contribution in [0.15, 0.2) is 4.99 Å². The van der Waals surface area contributed by atoms with E-state index in [0.717, 1.165) is 84.1 Å². The first-order valence-corrected chi connectivity index (χ1v) is 10.7. The van der Waals surface area contributed by atoms with Crippen LogP contribution < -0.4 is 5.32 Å². The first kappa shape index (κ1) is 26.4. The molecule has 0 aromatic carbocycles. The van der Waals surface area contributed by atoms with E-state index < -0.39 is 0 Å². The van der Waals surface area contributed by atoms with Crippen LogP contribution in [0.3, 0.4) is 0 Å². The van der Waals surface area contributed by atoms with E-state index in [-0.39, 0.29) is 30.0 Å². The number of piperazine rings is 1. The van der Waals surface area contributed by atoms with E-state index in [9.17, 15) is 4.79 Å². The number of methoxy groups -OCH3 is 1. The summed E-state index contributed by atoms with van der Waals surface area (Å²) in [5, 5.41) is 3.45. The third-order valence-corrected chi connectivity index (χ3v) is 5.58. The fourth-order valence-corrected chi connectivity index (χ4v) is 3.78. The number of carbonyl (C=O) groups excluding carboxylic acids is 1. The van der Waals surface area contributed by atoms with Gasteiger partial charge in [0.15, 0.2) is 5.96 Å². The van der Waals surface area contributed by atoms with Crippen LogP contribution in [0, 0.1) is 0 Å². The van der Waals surface area contributed by atoms with Gasteiger partial charge < -0.3 is 24.6 Å². The standard InChI is InChI=1S/C20H39N5O3.HI/c1-18(19(26)24-9-5-6-10-24)23-11-13-25(14-12-23)20(21-2)22-8-4-7-15-28-17-16-27-3;/h18H,4-17H2,1-3H3,(H,21,22);1H. The Bertz CT molecular complexity index is 481. The van der Waals surface area contributed by atoms with Gasteiger partial charge in [0, 0.05) is 66.6 Å². The topological polar surface area (TPSA) is 69.6 Å². The molecule has 0 spiro atoms. The number of ether oxygens (including phenoxy) is 2. The molecule has 1 amide bonds. The molecule has 1 unspecified atom stereocenters. The van der Waals surface area contributed by atoms with Crippen molar-refractivity contribution in [1.29, 1.82) is 0 Å². The second kappa shape index (κ2) is 15.2. The fraction of sp³-hybridized carbons (Fsp3) is 0.900. The number of hydrogen-bond acceptors (Lipinski definition) is 5. The number of carbonyl (C=O) groups is 1. The summed E-state index contributed by atoms with van der Waals surface area (Å²) >= 11 is 0. The Hall–Kier alpha value is -0.650. The number of hydrogen-bond donors (Lipinski definition) is 1. The fourth-order valence-electron chi connectivity index (χ4n) is 3.78. The molecule has 8 nitrogen and oxygen atoms in total. The average Bonchev–Trinajstić information content (AvgIpc) is 3.27. The predicted octanol–water partition coefficient (Wildman–Crippen LogP) is 1.25. The number of rotatable bonds is 10. The Morgan fingerprint density at radius 1 is 1.00 bits per heavy atom. The number of nitrogens with one attached hydrogen (secondary N) is 1. The van der Waals surface area contributed by atoms with Crippen molar-refractivity contribution in [3.63, 3.8) is 0 Å². The smallest absolute Gasteiger partial charge is 0.239 e. The Balaban J connectivity index is 0.00000420. The van der Waals surface area contributed by atoms with Crippen molar-refractivity contribution in [3.05, 3.63) is 0 Å². The third kappa shape index (κ3) is 8.94. The van der Waals surface area contributed by atoms with Gasteiger partial charge in [-0.3, -0.25) is 14.7 Å². The van der Waals surface area contributed by atoms with E-state index >= 15 is 0 Å². The van der Waals surface area contributed by atoms with E-state index in [1.54, 1.807) is 7.11 Å². The van der Waals surface area contributed by atoms with E-state index in [1.165, 1.54) is 0 Å². The minimum Gasteiger partial charge on any atom is -0.382 e. The highest BCUT2D eigenvalue weighted by Gasteiger charge is 2.30. The van der Waals surface area contributed by atoms with Crippen molar-refractivity contribution in [1.82, 2.24) is 20.0 Å². The Kier molecular flexibility index (Phi) is 13.8. The van der Waals surface area contributed by atoms with Gasteiger partial charge in [-0.25, -0.2) is 0 Å². The van der Waals surface area contributed by atoms with Crippen LogP contribution in [-0.4, -0.2) is 112 Å². The van der Waals surface area contributed by atoms with Crippen LogP contribution >= 0.6 is 24.0 Å². The zero-order chi connectivity index (χ0) is 20.2. The number of likely N-dealkylation sites (tertiary alicyclic amines) is 1. The average molecular weight is 525 g/mol. The number of guanidine groups is 1. The molecule has 2 fully saturated rings. The summed E-state index contributed by atoms with van der Waals surface area (Å²) in [6.07, 6.45) is 4.37. The largest absolute Gasteiger partial charge is 0.382 e. The van der Waals surface area contributed by atoms with E-state index in [2.05, 4.69) is 27.0 Å². The van der Waals surface area contributed by atoms with E-state index in [0.29, 0.717) is 19.1 Å². The van der Waals surface area contributed by atoms with Crippen LogP contribution in [0.2, 0.25) is 0 Å². The molecule has 2 rings (SSSR count). The van der Waals surface area contributed by atoms with Crippen molar-refractivity contribution in [2.45, 2.75) is 38.6 Å². The molecule has 0 aromatic rings. The summed E-state index contributed by atoms with van der Waals surface area (Å²) in [6.45, 7) is 10.5. The first-order chi connectivity index (χ1) is 13.7.